The summed E-state index contributed by atoms with van der Waals surface area (Å²) >= 11 is 0. The Hall–Kier alpha value is -3.15. The number of benzene rings is 2. The summed E-state index contributed by atoms with van der Waals surface area (Å²) in [5.74, 6) is 1.31. The number of hydrogen-bond donors (Lipinski definition) is 2. The molecule has 116 valence electrons. The lowest BCUT2D eigenvalue weighted by Crippen LogP contribution is -2.14. The minimum absolute atomic E-state index is 0.0954. The Bertz CT molecular complexity index is 783. The minimum Gasteiger partial charge on any atom is -0.496 e. The Kier molecular flexibility index (Phi) is 4.33. The van der Waals surface area contributed by atoms with E-state index in [1.807, 2.05) is 48.5 Å². The highest BCUT2D eigenvalue weighted by atomic mass is 16.5. The van der Waals surface area contributed by atoms with Crippen molar-refractivity contribution in [3.63, 3.8) is 0 Å². The number of nitrogens with one attached hydrogen (secondary N) is 2. The van der Waals surface area contributed by atoms with Crippen molar-refractivity contribution in [3.05, 3.63) is 60.4 Å². The fourth-order valence-electron chi connectivity index (χ4n) is 2.28. The summed E-state index contributed by atoms with van der Waals surface area (Å²) in [7, 11) is 1.60. The third-order valence-corrected chi connectivity index (χ3v) is 3.40. The van der Waals surface area contributed by atoms with Gasteiger partial charge in [0.25, 0.3) is 0 Å². The predicted molar refractivity (Wildman–Crippen MR) is 87.1 cm³/mol. The molecular formula is C17H16N4O2. The van der Waals surface area contributed by atoms with E-state index in [2.05, 4.69) is 20.5 Å². The summed E-state index contributed by atoms with van der Waals surface area (Å²) in [5.41, 5.74) is 2.49. The Balaban J connectivity index is 1.66. The summed E-state index contributed by atoms with van der Waals surface area (Å²) in [5, 5.41) is 9.48. The van der Waals surface area contributed by atoms with Crippen LogP contribution in [0.5, 0.6) is 5.75 Å². The number of aromatic amines is 1. The number of aromatic nitrogens is 3. The zero-order valence-electron chi connectivity index (χ0n) is 12.6. The van der Waals surface area contributed by atoms with E-state index >= 15 is 0 Å². The fraction of sp³-hybridized carbons (Fsp3) is 0.118. The summed E-state index contributed by atoms with van der Waals surface area (Å²) in [4.78, 5) is 16.3. The third kappa shape index (κ3) is 3.55. The largest absolute Gasteiger partial charge is 0.496 e. The number of anilines is 1. The molecule has 2 aromatic carbocycles. The molecule has 0 unspecified atom stereocenters. The van der Waals surface area contributed by atoms with Crippen LogP contribution in [0.15, 0.2) is 54.9 Å². The van der Waals surface area contributed by atoms with Crippen molar-refractivity contribution in [2.75, 3.05) is 12.4 Å². The van der Waals surface area contributed by atoms with Gasteiger partial charge in [0.05, 0.1) is 13.5 Å². The molecule has 0 saturated heterocycles. The normalized spacial score (nSPS) is 10.3. The lowest BCUT2D eigenvalue weighted by Gasteiger charge is -2.09. The number of rotatable bonds is 5. The predicted octanol–water partition coefficient (Wildman–Crippen LogP) is 2.66. The fourth-order valence-corrected chi connectivity index (χ4v) is 2.28. The van der Waals surface area contributed by atoms with Gasteiger partial charge in [0, 0.05) is 16.8 Å². The molecule has 1 amide bonds. The Morgan fingerprint density at radius 2 is 1.96 bits per heavy atom. The average molecular weight is 308 g/mol. The van der Waals surface area contributed by atoms with Crippen LogP contribution in [0.2, 0.25) is 0 Å². The van der Waals surface area contributed by atoms with Crippen molar-refractivity contribution in [1.29, 1.82) is 0 Å². The number of para-hydroxylation sites is 1. The standard InChI is InChI=1S/C17H16N4O2/c1-23-15-5-3-2-4-13(15)10-16(22)20-14-8-6-12(7-9-14)17-18-11-19-21-17/h2-9,11H,10H2,1H3,(H,20,22)(H,18,19,21). The lowest BCUT2D eigenvalue weighted by molar-refractivity contribution is -0.115. The van der Waals surface area contributed by atoms with Crippen LogP contribution in [0.4, 0.5) is 5.69 Å². The second-order valence-electron chi connectivity index (χ2n) is 4.95. The van der Waals surface area contributed by atoms with Crippen LogP contribution in [0.3, 0.4) is 0 Å². The molecule has 0 bridgehead atoms. The molecule has 6 nitrogen and oxygen atoms in total. The Morgan fingerprint density at radius 1 is 1.17 bits per heavy atom. The molecular weight excluding hydrogens is 292 g/mol. The lowest BCUT2D eigenvalue weighted by atomic mass is 10.1. The van der Waals surface area contributed by atoms with Gasteiger partial charge in [-0.2, -0.15) is 5.10 Å². The van der Waals surface area contributed by atoms with Crippen molar-refractivity contribution in [1.82, 2.24) is 15.2 Å². The molecule has 0 spiro atoms. The Morgan fingerprint density at radius 3 is 2.65 bits per heavy atom. The zero-order valence-corrected chi connectivity index (χ0v) is 12.6. The highest BCUT2D eigenvalue weighted by molar-refractivity contribution is 5.92. The molecule has 1 heterocycles. The minimum atomic E-state index is -0.0954. The van der Waals surface area contributed by atoms with Gasteiger partial charge in [-0.3, -0.25) is 9.89 Å². The number of carbonyl (C=O) groups is 1. The maximum Gasteiger partial charge on any atom is 0.228 e. The molecule has 0 aliphatic rings. The number of H-pyrrole nitrogens is 1. The maximum absolute atomic E-state index is 12.2. The third-order valence-electron chi connectivity index (χ3n) is 3.40. The van der Waals surface area contributed by atoms with Crippen molar-refractivity contribution >= 4 is 11.6 Å². The molecule has 23 heavy (non-hydrogen) atoms. The maximum atomic E-state index is 12.2. The van der Waals surface area contributed by atoms with Crippen molar-refractivity contribution in [3.8, 4) is 17.1 Å². The van der Waals surface area contributed by atoms with Gasteiger partial charge in [0.1, 0.15) is 12.1 Å². The number of amides is 1. The highest BCUT2D eigenvalue weighted by Crippen LogP contribution is 2.20. The van der Waals surface area contributed by atoms with Gasteiger partial charge in [-0.1, -0.05) is 18.2 Å². The van der Waals surface area contributed by atoms with Crippen LogP contribution in [-0.4, -0.2) is 28.2 Å². The summed E-state index contributed by atoms with van der Waals surface area (Å²) < 4.78 is 5.26. The first kappa shape index (κ1) is 14.8. The van der Waals surface area contributed by atoms with Crippen molar-refractivity contribution in [2.24, 2.45) is 0 Å². The molecule has 3 rings (SSSR count). The number of ether oxygens (including phenoxy) is 1. The van der Waals surface area contributed by atoms with Gasteiger partial charge < -0.3 is 10.1 Å². The summed E-state index contributed by atoms with van der Waals surface area (Å²) in [6.07, 6.45) is 1.71. The van der Waals surface area contributed by atoms with E-state index < -0.39 is 0 Å². The second kappa shape index (κ2) is 6.74. The smallest absolute Gasteiger partial charge is 0.228 e. The van der Waals surface area contributed by atoms with Crippen LogP contribution >= 0.6 is 0 Å². The van der Waals surface area contributed by atoms with Crippen LogP contribution < -0.4 is 10.1 Å². The number of carbonyl (C=O) groups excluding carboxylic acids is 1. The molecule has 2 N–H and O–H groups in total. The molecule has 0 saturated carbocycles. The quantitative estimate of drug-likeness (QED) is 0.759. The van der Waals surface area contributed by atoms with Crippen molar-refractivity contribution in [2.45, 2.75) is 6.42 Å². The van der Waals surface area contributed by atoms with Gasteiger partial charge in [-0.25, -0.2) is 4.98 Å². The number of nitrogens with zero attached hydrogens (tertiary/aromatic N) is 2. The zero-order chi connectivity index (χ0) is 16.1. The van der Waals surface area contributed by atoms with E-state index in [1.54, 1.807) is 7.11 Å². The van der Waals surface area contributed by atoms with Crippen LogP contribution in [0.25, 0.3) is 11.4 Å². The Labute approximate surface area is 133 Å². The van der Waals surface area contributed by atoms with Gasteiger partial charge in [-0.05, 0) is 30.3 Å². The number of methoxy groups -OCH3 is 1. The van der Waals surface area contributed by atoms with Crippen molar-refractivity contribution < 1.29 is 9.53 Å². The highest BCUT2D eigenvalue weighted by Gasteiger charge is 2.09. The van der Waals surface area contributed by atoms with Gasteiger partial charge >= 0.3 is 0 Å². The van der Waals surface area contributed by atoms with Gasteiger partial charge in [0.15, 0.2) is 5.82 Å². The van der Waals surface area contributed by atoms with E-state index in [9.17, 15) is 4.79 Å². The molecule has 1 aromatic heterocycles. The molecule has 3 aromatic rings. The SMILES string of the molecule is COc1ccccc1CC(=O)Nc1ccc(-c2ncn[nH]2)cc1. The summed E-state index contributed by atoms with van der Waals surface area (Å²) in [6.45, 7) is 0. The average Bonchev–Trinajstić information content (AvgIpc) is 3.10. The second-order valence-corrected chi connectivity index (χ2v) is 4.95. The molecule has 6 heteroatoms. The topological polar surface area (TPSA) is 79.9 Å². The van der Waals surface area contributed by atoms with E-state index in [1.165, 1.54) is 6.33 Å². The van der Waals surface area contributed by atoms with E-state index in [0.717, 1.165) is 16.8 Å². The first-order valence-corrected chi connectivity index (χ1v) is 7.14. The monoisotopic (exact) mass is 308 g/mol. The molecule has 0 radical (unpaired) electrons. The van der Waals surface area contributed by atoms with E-state index in [0.29, 0.717) is 11.6 Å². The summed E-state index contributed by atoms with van der Waals surface area (Å²) in [6, 6.07) is 14.9. The molecule has 0 aliphatic heterocycles. The molecule has 0 atom stereocenters. The van der Waals surface area contributed by atoms with Crippen LogP contribution in [0.1, 0.15) is 5.56 Å². The van der Waals surface area contributed by atoms with E-state index in [4.69, 9.17) is 4.74 Å². The van der Waals surface area contributed by atoms with Crippen LogP contribution in [-0.2, 0) is 11.2 Å². The van der Waals surface area contributed by atoms with E-state index in [-0.39, 0.29) is 12.3 Å². The molecule has 0 fully saturated rings. The first-order chi connectivity index (χ1) is 11.3. The van der Waals surface area contributed by atoms with Crippen LogP contribution in [0, 0.1) is 0 Å². The number of hydrogen-bond acceptors (Lipinski definition) is 4. The first-order valence-electron chi connectivity index (χ1n) is 7.14. The van der Waals surface area contributed by atoms with Gasteiger partial charge in [0.2, 0.25) is 5.91 Å². The van der Waals surface area contributed by atoms with Gasteiger partial charge in [-0.15, -0.1) is 0 Å². The molecule has 0 aliphatic carbocycles.